The van der Waals surface area contributed by atoms with E-state index in [9.17, 15) is 8.42 Å². The van der Waals surface area contributed by atoms with E-state index >= 15 is 0 Å². The van der Waals surface area contributed by atoms with Crippen molar-refractivity contribution in [3.8, 4) is 34.3 Å². The molecule has 2 aromatic heterocycles. The molecule has 4 rings (SSSR count). The zero-order valence-corrected chi connectivity index (χ0v) is 19.6. The van der Waals surface area contributed by atoms with Crippen molar-refractivity contribution in [2.75, 3.05) is 21.1 Å². The summed E-state index contributed by atoms with van der Waals surface area (Å²) in [5.74, 6) is 0.661. The Kier molecular flexibility index (Phi) is 6.32. The lowest BCUT2D eigenvalue weighted by Gasteiger charge is -2.11. The van der Waals surface area contributed by atoms with Gasteiger partial charge in [-0.3, -0.25) is 4.98 Å². The van der Waals surface area contributed by atoms with Crippen LogP contribution in [-0.4, -0.2) is 54.0 Å². The van der Waals surface area contributed by atoms with E-state index < -0.39 is 10.0 Å². The zero-order chi connectivity index (χ0) is 23.6. The van der Waals surface area contributed by atoms with E-state index in [1.807, 2.05) is 38.2 Å². The van der Waals surface area contributed by atoms with Gasteiger partial charge in [-0.1, -0.05) is 24.3 Å². The molecule has 0 saturated heterocycles. The van der Waals surface area contributed by atoms with Gasteiger partial charge in [0.1, 0.15) is 5.69 Å². The Morgan fingerprint density at radius 3 is 2.24 bits per heavy atom. The molecular formula is C23H26N6O3S. The molecule has 2 aromatic carbocycles. The van der Waals surface area contributed by atoms with E-state index in [1.165, 1.54) is 18.4 Å². The number of hydrogen-bond acceptors (Lipinski definition) is 8. The molecule has 2 heterocycles. The number of sulfonamides is 1. The fourth-order valence-corrected chi connectivity index (χ4v) is 4.11. The molecule has 10 heteroatoms. The fraction of sp³-hybridized carbons (Fsp3) is 0.217. The first-order chi connectivity index (χ1) is 15.8. The Bertz CT molecular complexity index is 1370. The van der Waals surface area contributed by atoms with Gasteiger partial charge < -0.3 is 9.73 Å². The van der Waals surface area contributed by atoms with Crippen LogP contribution in [0.1, 0.15) is 12.7 Å². The van der Waals surface area contributed by atoms with Crippen LogP contribution in [0.15, 0.2) is 64.0 Å². The Morgan fingerprint density at radius 2 is 1.61 bits per heavy atom. The van der Waals surface area contributed by atoms with Gasteiger partial charge in [-0.2, -0.15) is 0 Å². The van der Waals surface area contributed by atoms with Gasteiger partial charge in [0.25, 0.3) is 5.89 Å². The average Bonchev–Trinajstić information content (AvgIpc) is 3.30. The van der Waals surface area contributed by atoms with Crippen molar-refractivity contribution in [1.29, 1.82) is 0 Å². The Morgan fingerprint density at radius 1 is 0.970 bits per heavy atom. The fourth-order valence-electron chi connectivity index (χ4n) is 3.20. The molecule has 0 aliphatic carbocycles. The molecule has 0 amide bonds. The first-order valence-corrected chi connectivity index (χ1v) is 11.7. The monoisotopic (exact) mass is 466 g/mol. The van der Waals surface area contributed by atoms with E-state index in [0.717, 1.165) is 23.2 Å². The van der Waals surface area contributed by atoms with Crippen molar-refractivity contribution >= 4 is 10.0 Å². The molecule has 0 spiro atoms. The van der Waals surface area contributed by atoms with E-state index in [1.54, 1.807) is 30.5 Å². The van der Waals surface area contributed by atoms with Crippen molar-refractivity contribution in [1.82, 2.24) is 29.8 Å². The smallest absolute Gasteiger partial charge is 0.268 e. The summed E-state index contributed by atoms with van der Waals surface area (Å²) < 4.78 is 31.7. The molecule has 33 heavy (non-hydrogen) atoms. The van der Waals surface area contributed by atoms with E-state index in [-0.39, 0.29) is 12.2 Å². The minimum atomic E-state index is -3.50. The number of nitrogens with one attached hydrogen (secondary N) is 1. The van der Waals surface area contributed by atoms with Gasteiger partial charge in [-0.15, -0.1) is 10.2 Å². The second kappa shape index (κ2) is 9.18. The van der Waals surface area contributed by atoms with Gasteiger partial charge >= 0.3 is 0 Å². The van der Waals surface area contributed by atoms with Gasteiger partial charge in [0.2, 0.25) is 15.9 Å². The molecule has 172 valence electrons. The van der Waals surface area contributed by atoms with Crippen LogP contribution < -0.4 is 5.32 Å². The third kappa shape index (κ3) is 4.68. The van der Waals surface area contributed by atoms with Gasteiger partial charge in [0, 0.05) is 33.2 Å². The molecule has 0 atom stereocenters. The summed E-state index contributed by atoms with van der Waals surface area (Å²) in [7, 11) is 1.39. The van der Waals surface area contributed by atoms with Crippen LogP contribution in [0.4, 0.5) is 0 Å². The van der Waals surface area contributed by atoms with E-state index in [4.69, 9.17) is 4.42 Å². The van der Waals surface area contributed by atoms with Crippen LogP contribution in [0.3, 0.4) is 0 Å². The first-order valence-electron chi connectivity index (χ1n) is 10.2. The molecule has 0 saturated carbocycles. The number of benzene rings is 2. The summed E-state index contributed by atoms with van der Waals surface area (Å²) in [4.78, 5) is 9.29. The normalized spacial score (nSPS) is 11.8. The maximum atomic E-state index is 12.3. The van der Waals surface area contributed by atoms with E-state index in [2.05, 4.69) is 25.5 Å². The molecule has 1 N–H and O–H groups in total. The third-order valence-corrected chi connectivity index (χ3v) is 6.92. The predicted octanol–water partition coefficient (Wildman–Crippen LogP) is 3.38. The Hall–Kier alpha value is -3.47. The standard InChI is InChI=1S/C23H24N6O3S.H2/c1-15-21(23-28-27-22(32-23)18-7-5-16(6-8-18)13-24-2)26-20(14-25-15)17-9-11-19(12-10-17)33(30,31)29(3)4;/h5-12,14,24H,13H2,1-4H3;1H. The van der Waals surface area contributed by atoms with Crippen LogP contribution >= 0.6 is 0 Å². The maximum Gasteiger partial charge on any atom is 0.268 e. The number of aromatic nitrogens is 4. The lowest BCUT2D eigenvalue weighted by atomic mass is 10.1. The molecule has 0 bridgehead atoms. The lowest BCUT2D eigenvalue weighted by molar-refractivity contribution is 0.521. The summed E-state index contributed by atoms with van der Waals surface area (Å²) >= 11 is 0. The van der Waals surface area contributed by atoms with Gasteiger partial charge in [0.05, 0.1) is 22.5 Å². The average molecular weight is 467 g/mol. The lowest BCUT2D eigenvalue weighted by Crippen LogP contribution is -2.22. The second-order valence-corrected chi connectivity index (χ2v) is 9.79. The Balaban J connectivity index is 0.00000324. The number of hydrogen-bond donors (Lipinski definition) is 1. The molecule has 0 unspecified atom stereocenters. The summed E-state index contributed by atoms with van der Waals surface area (Å²) in [5, 5.41) is 11.4. The highest BCUT2D eigenvalue weighted by Crippen LogP contribution is 2.27. The van der Waals surface area contributed by atoms with Crippen molar-refractivity contribution < 1.29 is 14.3 Å². The number of rotatable bonds is 7. The Labute approximate surface area is 194 Å². The van der Waals surface area contributed by atoms with Gasteiger partial charge in [-0.25, -0.2) is 17.7 Å². The highest BCUT2D eigenvalue weighted by atomic mass is 32.2. The summed E-state index contributed by atoms with van der Waals surface area (Å²) in [5.41, 5.74) is 4.38. The van der Waals surface area contributed by atoms with Crippen LogP contribution in [0, 0.1) is 6.92 Å². The van der Waals surface area contributed by atoms with E-state index in [0.29, 0.717) is 23.0 Å². The highest BCUT2D eigenvalue weighted by molar-refractivity contribution is 7.89. The van der Waals surface area contributed by atoms with Crippen LogP contribution in [0.5, 0.6) is 0 Å². The molecule has 0 radical (unpaired) electrons. The molecule has 9 nitrogen and oxygen atoms in total. The molecular weight excluding hydrogens is 440 g/mol. The molecule has 0 aliphatic heterocycles. The van der Waals surface area contributed by atoms with Crippen molar-refractivity contribution in [2.24, 2.45) is 0 Å². The van der Waals surface area contributed by atoms with Crippen LogP contribution in [-0.2, 0) is 16.6 Å². The highest BCUT2D eigenvalue weighted by Gasteiger charge is 2.19. The largest absolute Gasteiger partial charge is 0.415 e. The SMILES string of the molecule is CNCc1ccc(-c2nnc(-c3nc(-c4ccc(S(=O)(=O)N(C)C)cc4)cnc3C)o2)cc1.[HH]. The van der Waals surface area contributed by atoms with Gasteiger partial charge in [0.15, 0.2) is 0 Å². The predicted molar refractivity (Wildman–Crippen MR) is 127 cm³/mol. The summed E-state index contributed by atoms with van der Waals surface area (Å²) in [6.07, 6.45) is 1.63. The van der Waals surface area contributed by atoms with Crippen LogP contribution in [0.2, 0.25) is 0 Å². The topological polar surface area (TPSA) is 114 Å². The minimum Gasteiger partial charge on any atom is -0.415 e. The van der Waals surface area contributed by atoms with Crippen molar-refractivity contribution in [2.45, 2.75) is 18.4 Å². The molecule has 0 fully saturated rings. The maximum absolute atomic E-state index is 12.3. The summed E-state index contributed by atoms with van der Waals surface area (Å²) in [6.45, 7) is 2.59. The van der Waals surface area contributed by atoms with Crippen LogP contribution in [0.25, 0.3) is 34.3 Å². The van der Waals surface area contributed by atoms with Crippen molar-refractivity contribution in [3.63, 3.8) is 0 Å². The minimum absolute atomic E-state index is 0. The quantitative estimate of drug-likeness (QED) is 0.441. The third-order valence-electron chi connectivity index (χ3n) is 5.09. The molecule has 0 aliphatic rings. The zero-order valence-electron chi connectivity index (χ0n) is 18.8. The first kappa shape index (κ1) is 22.7. The summed E-state index contributed by atoms with van der Waals surface area (Å²) in [6, 6.07) is 14.4. The number of aryl methyl sites for hydroxylation is 1. The second-order valence-electron chi connectivity index (χ2n) is 7.64. The van der Waals surface area contributed by atoms with Crippen molar-refractivity contribution in [3.05, 3.63) is 66.0 Å². The molecule has 4 aromatic rings. The van der Waals surface area contributed by atoms with Gasteiger partial charge in [-0.05, 0) is 43.8 Å². The number of nitrogens with zero attached hydrogens (tertiary/aromatic N) is 5.